The Balaban J connectivity index is 1.99. The average molecular weight is 325 g/mol. The molecular formula is C19H19NO2S. The van der Waals surface area contributed by atoms with E-state index in [1.165, 1.54) is 0 Å². The van der Waals surface area contributed by atoms with Crippen molar-refractivity contribution < 1.29 is 9.47 Å². The smallest absolute Gasteiger partial charge is 0.119 e. The standard InChI is InChI=1S/C19H19NO2S/c1-21-19-5-3-4-16(10-19)12-22-13-18(14-23-2)17-8-6-15(11-20)7-9-17/h3-10,14H,12-13H2,1-2H3/b18-14-. The highest BCUT2D eigenvalue weighted by molar-refractivity contribution is 8.01. The SMILES string of the molecule is COc1cccc(COC/C(=C/SC)c2ccc(C#N)cc2)c1. The van der Waals surface area contributed by atoms with Gasteiger partial charge in [0, 0.05) is 0 Å². The Morgan fingerprint density at radius 2 is 2.00 bits per heavy atom. The third-order valence-electron chi connectivity index (χ3n) is 3.31. The minimum Gasteiger partial charge on any atom is -0.497 e. The summed E-state index contributed by atoms with van der Waals surface area (Å²) in [6.07, 6.45) is 2.02. The Morgan fingerprint density at radius 1 is 1.22 bits per heavy atom. The second-order valence-corrected chi connectivity index (χ2v) is 5.62. The Labute approximate surface area is 141 Å². The molecule has 2 rings (SSSR count). The molecule has 23 heavy (non-hydrogen) atoms. The third kappa shape index (κ3) is 5.17. The summed E-state index contributed by atoms with van der Waals surface area (Å²) >= 11 is 1.64. The first-order valence-corrected chi connectivity index (χ1v) is 8.48. The van der Waals surface area contributed by atoms with Crippen LogP contribution in [-0.2, 0) is 11.3 Å². The van der Waals surface area contributed by atoms with E-state index in [1.54, 1.807) is 18.9 Å². The first kappa shape index (κ1) is 17.1. The number of benzene rings is 2. The number of hydrogen-bond donors (Lipinski definition) is 0. The number of thioether (sulfide) groups is 1. The van der Waals surface area contributed by atoms with Crippen molar-refractivity contribution in [3.8, 4) is 11.8 Å². The summed E-state index contributed by atoms with van der Waals surface area (Å²) < 4.78 is 11.1. The average Bonchev–Trinajstić information content (AvgIpc) is 2.61. The van der Waals surface area contributed by atoms with Crippen molar-refractivity contribution in [2.24, 2.45) is 0 Å². The van der Waals surface area contributed by atoms with Crippen LogP contribution < -0.4 is 4.74 Å². The number of nitriles is 1. The van der Waals surface area contributed by atoms with E-state index in [9.17, 15) is 0 Å². The number of methoxy groups -OCH3 is 1. The van der Waals surface area contributed by atoms with E-state index in [-0.39, 0.29) is 0 Å². The fourth-order valence-electron chi connectivity index (χ4n) is 2.13. The van der Waals surface area contributed by atoms with Crippen LogP contribution in [0.4, 0.5) is 0 Å². The molecular weight excluding hydrogens is 306 g/mol. The first-order chi connectivity index (χ1) is 11.3. The molecule has 0 bridgehead atoms. The lowest BCUT2D eigenvalue weighted by Gasteiger charge is -2.10. The van der Waals surface area contributed by atoms with Gasteiger partial charge < -0.3 is 9.47 Å². The van der Waals surface area contributed by atoms with Gasteiger partial charge in [0.15, 0.2) is 0 Å². The van der Waals surface area contributed by atoms with Gasteiger partial charge in [-0.25, -0.2) is 0 Å². The van der Waals surface area contributed by atoms with Crippen LogP contribution in [0.5, 0.6) is 5.75 Å². The Hall–Kier alpha value is -2.22. The zero-order chi connectivity index (χ0) is 16.5. The lowest BCUT2D eigenvalue weighted by Crippen LogP contribution is -1.99. The van der Waals surface area contributed by atoms with E-state index in [1.807, 2.05) is 54.8 Å². The van der Waals surface area contributed by atoms with Gasteiger partial charge in [-0.2, -0.15) is 5.26 Å². The normalized spacial score (nSPS) is 11.1. The van der Waals surface area contributed by atoms with Crippen LogP contribution >= 0.6 is 11.8 Å². The molecule has 0 atom stereocenters. The summed E-state index contributed by atoms with van der Waals surface area (Å²) in [5.74, 6) is 0.832. The highest BCUT2D eigenvalue weighted by Crippen LogP contribution is 2.20. The van der Waals surface area contributed by atoms with Gasteiger partial charge in [-0.3, -0.25) is 0 Å². The Morgan fingerprint density at radius 3 is 2.65 bits per heavy atom. The van der Waals surface area contributed by atoms with Crippen LogP contribution in [0.25, 0.3) is 5.57 Å². The minimum absolute atomic E-state index is 0.518. The van der Waals surface area contributed by atoms with Crippen molar-refractivity contribution in [3.05, 3.63) is 70.6 Å². The fourth-order valence-corrected chi connectivity index (χ4v) is 2.62. The molecule has 0 unspecified atom stereocenters. The molecule has 0 aromatic heterocycles. The van der Waals surface area contributed by atoms with Crippen LogP contribution in [0.3, 0.4) is 0 Å². The third-order valence-corrected chi connectivity index (χ3v) is 3.83. The van der Waals surface area contributed by atoms with Gasteiger partial charge in [0.25, 0.3) is 0 Å². The molecule has 2 aromatic carbocycles. The van der Waals surface area contributed by atoms with Gasteiger partial charge in [0.05, 0.1) is 32.0 Å². The molecule has 2 aromatic rings. The summed E-state index contributed by atoms with van der Waals surface area (Å²) in [6, 6.07) is 17.5. The van der Waals surface area contributed by atoms with E-state index < -0.39 is 0 Å². The predicted octanol–water partition coefficient (Wildman–Crippen LogP) is 4.49. The van der Waals surface area contributed by atoms with Crippen molar-refractivity contribution in [2.45, 2.75) is 6.61 Å². The number of ether oxygens (including phenoxy) is 2. The lowest BCUT2D eigenvalue weighted by molar-refractivity contribution is 0.153. The number of nitrogens with zero attached hydrogens (tertiary/aromatic N) is 1. The molecule has 0 radical (unpaired) electrons. The second-order valence-electron chi connectivity index (χ2n) is 4.91. The molecule has 0 amide bonds. The first-order valence-electron chi connectivity index (χ1n) is 7.20. The molecule has 4 heteroatoms. The number of rotatable bonds is 7. The number of hydrogen-bond acceptors (Lipinski definition) is 4. The van der Waals surface area contributed by atoms with Crippen molar-refractivity contribution in [1.82, 2.24) is 0 Å². The summed E-state index contributed by atoms with van der Waals surface area (Å²) in [6.45, 7) is 1.04. The summed E-state index contributed by atoms with van der Waals surface area (Å²) in [4.78, 5) is 0. The lowest BCUT2D eigenvalue weighted by atomic mass is 10.1. The minimum atomic E-state index is 0.518. The van der Waals surface area contributed by atoms with Crippen molar-refractivity contribution >= 4 is 17.3 Å². The van der Waals surface area contributed by atoms with E-state index in [0.29, 0.717) is 18.8 Å². The van der Waals surface area contributed by atoms with E-state index in [0.717, 1.165) is 22.4 Å². The zero-order valence-electron chi connectivity index (χ0n) is 13.3. The Bertz CT molecular complexity index is 702. The predicted molar refractivity (Wildman–Crippen MR) is 95.3 cm³/mol. The maximum absolute atomic E-state index is 8.88. The van der Waals surface area contributed by atoms with Crippen molar-refractivity contribution in [1.29, 1.82) is 5.26 Å². The molecule has 0 saturated heterocycles. The highest BCUT2D eigenvalue weighted by Gasteiger charge is 2.03. The van der Waals surface area contributed by atoms with Gasteiger partial charge in [-0.15, -0.1) is 11.8 Å². The summed E-state index contributed by atoms with van der Waals surface area (Å²) in [5.41, 5.74) is 3.91. The molecule has 3 nitrogen and oxygen atoms in total. The molecule has 118 valence electrons. The van der Waals surface area contributed by atoms with Crippen molar-refractivity contribution in [2.75, 3.05) is 20.0 Å². The molecule has 0 spiro atoms. The van der Waals surface area contributed by atoms with Crippen LogP contribution in [-0.4, -0.2) is 20.0 Å². The quantitative estimate of drug-likeness (QED) is 0.752. The van der Waals surface area contributed by atoms with Crippen LogP contribution in [0.2, 0.25) is 0 Å². The van der Waals surface area contributed by atoms with E-state index in [4.69, 9.17) is 14.7 Å². The maximum Gasteiger partial charge on any atom is 0.119 e. The van der Waals surface area contributed by atoms with Crippen LogP contribution in [0, 0.1) is 11.3 Å². The maximum atomic E-state index is 8.88. The van der Waals surface area contributed by atoms with Crippen LogP contribution in [0.1, 0.15) is 16.7 Å². The topological polar surface area (TPSA) is 42.2 Å². The molecule has 0 aliphatic rings. The molecule has 0 aliphatic heterocycles. The largest absolute Gasteiger partial charge is 0.497 e. The fraction of sp³-hybridized carbons (Fsp3) is 0.211. The molecule has 0 N–H and O–H groups in total. The summed E-state index contributed by atoms with van der Waals surface area (Å²) in [5, 5.41) is 11.0. The monoisotopic (exact) mass is 325 g/mol. The summed E-state index contributed by atoms with van der Waals surface area (Å²) in [7, 11) is 1.66. The van der Waals surface area contributed by atoms with Gasteiger partial charge >= 0.3 is 0 Å². The highest BCUT2D eigenvalue weighted by atomic mass is 32.2. The van der Waals surface area contributed by atoms with E-state index >= 15 is 0 Å². The Kier molecular flexibility index (Phi) is 6.74. The van der Waals surface area contributed by atoms with Gasteiger partial charge in [-0.1, -0.05) is 24.3 Å². The molecule has 0 aliphatic carbocycles. The molecule has 0 heterocycles. The van der Waals surface area contributed by atoms with Crippen LogP contribution in [0.15, 0.2) is 53.9 Å². The van der Waals surface area contributed by atoms with Gasteiger partial charge in [0.1, 0.15) is 5.75 Å². The molecule has 0 saturated carbocycles. The van der Waals surface area contributed by atoms with Gasteiger partial charge in [0.2, 0.25) is 0 Å². The van der Waals surface area contributed by atoms with Crippen molar-refractivity contribution in [3.63, 3.8) is 0 Å². The van der Waals surface area contributed by atoms with Gasteiger partial charge in [-0.05, 0) is 52.6 Å². The van der Waals surface area contributed by atoms with E-state index in [2.05, 4.69) is 11.5 Å². The zero-order valence-corrected chi connectivity index (χ0v) is 14.1. The molecule has 0 fully saturated rings. The second kappa shape index (κ2) is 9.04.